The lowest BCUT2D eigenvalue weighted by Crippen LogP contribution is -2.04. The number of hydrogen-bond acceptors (Lipinski definition) is 3. The Morgan fingerprint density at radius 2 is 1.48 bits per heavy atom. The highest BCUT2D eigenvalue weighted by Gasteiger charge is 2.30. The van der Waals surface area contributed by atoms with Gasteiger partial charge in [-0.3, -0.25) is 0 Å². The summed E-state index contributed by atoms with van der Waals surface area (Å²) in [4.78, 5) is 8.19. The van der Waals surface area contributed by atoms with Gasteiger partial charge in [-0.1, -0.05) is 42.5 Å². The van der Waals surface area contributed by atoms with Gasteiger partial charge in [0.15, 0.2) is 0 Å². The highest BCUT2D eigenvalue weighted by Crippen LogP contribution is 2.34. The van der Waals surface area contributed by atoms with Gasteiger partial charge in [-0.05, 0) is 17.7 Å². The molecule has 1 heterocycles. The van der Waals surface area contributed by atoms with Crippen molar-refractivity contribution in [2.75, 3.05) is 5.73 Å². The summed E-state index contributed by atoms with van der Waals surface area (Å²) >= 11 is 0. The molecule has 0 saturated carbocycles. The predicted octanol–water partition coefficient (Wildman–Crippen LogP) is 4.41. The zero-order valence-electron chi connectivity index (χ0n) is 11.9. The van der Waals surface area contributed by atoms with Crippen LogP contribution in [-0.4, -0.2) is 9.97 Å². The van der Waals surface area contributed by atoms with Crippen LogP contribution in [0.15, 0.2) is 60.8 Å². The molecule has 0 fully saturated rings. The van der Waals surface area contributed by atoms with Crippen LogP contribution < -0.4 is 5.73 Å². The van der Waals surface area contributed by atoms with Crippen LogP contribution in [0.2, 0.25) is 0 Å². The molecule has 0 unspecified atom stereocenters. The Kier molecular flexibility index (Phi) is 3.73. The van der Waals surface area contributed by atoms with E-state index in [1.165, 1.54) is 18.3 Å². The Labute approximate surface area is 130 Å². The molecule has 2 aromatic carbocycles. The van der Waals surface area contributed by atoms with Gasteiger partial charge >= 0.3 is 6.18 Å². The van der Waals surface area contributed by atoms with Crippen molar-refractivity contribution in [1.29, 1.82) is 0 Å². The lowest BCUT2D eigenvalue weighted by Gasteiger charge is -2.11. The molecule has 116 valence electrons. The van der Waals surface area contributed by atoms with Gasteiger partial charge in [-0.2, -0.15) is 13.2 Å². The minimum absolute atomic E-state index is 0.111. The molecule has 0 atom stereocenters. The molecule has 0 saturated heterocycles. The first-order valence-electron chi connectivity index (χ1n) is 6.81. The van der Waals surface area contributed by atoms with Crippen LogP contribution in [0.25, 0.3) is 22.4 Å². The molecule has 3 nitrogen and oxygen atoms in total. The van der Waals surface area contributed by atoms with Crippen LogP contribution in [0.1, 0.15) is 5.56 Å². The maximum absolute atomic E-state index is 12.7. The molecule has 0 aliphatic carbocycles. The monoisotopic (exact) mass is 315 g/mol. The van der Waals surface area contributed by atoms with Gasteiger partial charge in [0.1, 0.15) is 0 Å². The largest absolute Gasteiger partial charge is 0.416 e. The number of nitrogens with two attached hydrogens (primary N) is 1. The molecule has 0 bridgehead atoms. The lowest BCUT2D eigenvalue weighted by molar-refractivity contribution is -0.137. The number of halogens is 3. The average Bonchev–Trinajstić information content (AvgIpc) is 2.55. The van der Waals surface area contributed by atoms with Gasteiger partial charge in [0.05, 0.1) is 11.3 Å². The number of nitrogens with zero attached hydrogens (tertiary/aromatic N) is 2. The summed E-state index contributed by atoms with van der Waals surface area (Å²) in [6, 6.07) is 14.2. The maximum atomic E-state index is 12.7. The van der Waals surface area contributed by atoms with Gasteiger partial charge in [-0.25, -0.2) is 9.97 Å². The Morgan fingerprint density at radius 1 is 0.826 bits per heavy atom. The van der Waals surface area contributed by atoms with Crippen molar-refractivity contribution in [1.82, 2.24) is 9.97 Å². The summed E-state index contributed by atoms with van der Waals surface area (Å²) in [5, 5.41) is 0. The predicted molar refractivity (Wildman–Crippen MR) is 82.3 cm³/mol. The first-order valence-corrected chi connectivity index (χ1v) is 6.81. The molecule has 6 heteroatoms. The smallest absolute Gasteiger partial charge is 0.368 e. The van der Waals surface area contributed by atoms with Crippen molar-refractivity contribution < 1.29 is 13.2 Å². The van der Waals surface area contributed by atoms with Crippen molar-refractivity contribution >= 4 is 5.95 Å². The molecular weight excluding hydrogens is 303 g/mol. The Morgan fingerprint density at radius 3 is 2.09 bits per heavy atom. The van der Waals surface area contributed by atoms with Crippen LogP contribution >= 0.6 is 0 Å². The van der Waals surface area contributed by atoms with E-state index >= 15 is 0 Å². The third-order valence-corrected chi connectivity index (χ3v) is 3.38. The van der Waals surface area contributed by atoms with Crippen molar-refractivity contribution in [3.05, 3.63) is 66.4 Å². The minimum Gasteiger partial charge on any atom is -0.368 e. The fourth-order valence-electron chi connectivity index (χ4n) is 2.26. The molecule has 0 aliphatic rings. The molecule has 3 aromatic rings. The summed E-state index contributed by atoms with van der Waals surface area (Å²) in [7, 11) is 0. The fraction of sp³-hybridized carbons (Fsp3) is 0.0588. The van der Waals surface area contributed by atoms with Gasteiger partial charge in [0.2, 0.25) is 5.95 Å². The van der Waals surface area contributed by atoms with Gasteiger partial charge in [-0.15, -0.1) is 0 Å². The first kappa shape index (κ1) is 15.0. The zero-order chi connectivity index (χ0) is 16.4. The van der Waals surface area contributed by atoms with E-state index in [0.717, 1.165) is 17.7 Å². The summed E-state index contributed by atoms with van der Waals surface area (Å²) in [6.07, 6.45) is -2.84. The standard InChI is InChI=1S/C17H12F3N3/c18-17(19,20)13-8-6-11(7-9-13)14-10-22-16(21)23-15(14)12-4-2-1-3-5-12/h1-10H,(H2,21,22,23). The second kappa shape index (κ2) is 5.72. The fourth-order valence-corrected chi connectivity index (χ4v) is 2.26. The quantitative estimate of drug-likeness (QED) is 0.762. The highest BCUT2D eigenvalue weighted by atomic mass is 19.4. The van der Waals surface area contributed by atoms with Crippen LogP contribution in [0, 0.1) is 0 Å². The van der Waals surface area contributed by atoms with E-state index in [1.54, 1.807) is 0 Å². The topological polar surface area (TPSA) is 51.8 Å². The normalized spacial score (nSPS) is 11.4. The SMILES string of the molecule is Nc1ncc(-c2ccc(C(F)(F)F)cc2)c(-c2ccccc2)n1. The van der Waals surface area contributed by atoms with Gasteiger partial charge < -0.3 is 5.73 Å². The number of nitrogen functional groups attached to an aromatic ring is 1. The van der Waals surface area contributed by atoms with Crippen LogP contribution in [-0.2, 0) is 6.18 Å². The molecule has 0 radical (unpaired) electrons. The van der Waals surface area contributed by atoms with Crippen molar-refractivity contribution in [3.63, 3.8) is 0 Å². The van der Waals surface area contributed by atoms with E-state index in [9.17, 15) is 13.2 Å². The third-order valence-electron chi connectivity index (χ3n) is 3.38. The highest BCUT2D eigenvalue weighted by molar-refractivity contribution is 5.80. The summed E-state index contributed by atoms with van der Waals surface area (Å²) < 4.78 is 38.0. The van der Waals surface area contributed by atoms with Crippen molar-refractivity contribution in [2.24, 2.45) is 0 Å². The van der Waals surface area contributed by atoms with Gasteiger partial charge in [0, 0.05) is 17.3 Å². The number of alkyl halides is 3. The van der Waals surface area contributed by atoms with E-state index in [-0.39, 0.29) is 5.95 Å². The van der Waals surface area contributed by atoms with Crippen molar-refractivity contribution in [3.8, 4) is 22.4 Å². The minimum atomic E-state index is -4.36. The Hall–Kier alpha value is -2.89. The summed E-state index contributed by atoms with van der Waals surface area (Å²) in [5.74, 6) is 0.111. The second-order valence-corrected chi connectivity index (χ2v) is 4.93. The number of hydrogen-bond donors (Lipinski definition) is 1. The number of anilines is 1. The zero-order valence-corrected chi connectivity index (χ0v) is 11.9. The summed E-state index contributed by atoms with van der Waals surface area (Å²) in [6.45, 7) is 0. The molecule has 2 N–H and O–H groups in total. The van der Waals surface area contributed by atoms with E-state index in [4.69, 9.17) is 5.73 Å². The Balaban J connectivity index is 2.10. The number of aromatic nitrogens is 2. The molecule has 3 rings (SSSR count). The summed E-state index contributed by atoms with van der Waals surface area (Å²) in [5.41, 5.74) is 7.57. The van der Waals surface area contributed by atoms with Crippen LogP contribution in [0.4, 0.5) is 19.1 Å². The van der Waals surface area contributed by atoms with Crippen molar-refractivity contribution in [2.45, 2.75) is 6.18 Å². The lowest BCUT2D eigenvalue weighted by atomic mass is 10.00. The third kappa shape index (κ3) is 3.15. The molecule has 23 heavy (non-hydrogen) atoms. The molecule has 0 amide bonds. The van der Waals surface area contributed by atoms with Crippen LogP contribution in [0.3, 0.4) is 0 Å². The molecule has 0 aliphatic heterocycles. The number of rotatable bonds is 2. The molecule has 1 aromatic heterocycles. The van der Waals surface area contributed by atoms with E-state index < -0.39 is 11.7 Å². The van der Waals surface area contributed by atoms with E-state index in [1.807, 2.05) is 30.3 Å². The molecule has 0 spiro atoms. The average molecular weight is 315 g/mol. The number of benzene rings is 2. The second-order valence-electron chi connectivity index (χ2n) is 4.93. The maximum Gasteiger partial charge on any atom is 0.416 e. The molecular formula is C17H12F3N3. The van der Waals surface area contributed by atoms with Gasteiger partial charge in [0.25, 0.3) is 0 Å². The Bertz CT molecular complexity index is 813. The van der Waals surface area contributed by atoms with E-state index in [0.29, 0.717) is 16.8 Å². The van der Waals surface area contributed by atoms with E-state index in [2.05, 4.69) is 9.97 Å². The van der Waals surface area contributed by atoms with Crippen LogP contribution in [0.5, 0.6) is 0 Å². The first-order chi connectivity index (χ1) is 10.9.